The van der Waals surface area contributed by atoms with Gasteiger partial charge in [0, 0.05) is 18.9 Å². The van der Waals surface area contributed by atoms with Crippen molar-refractivity contribution in [1.82, 2.24) is 19.9 Å². The third-order valence-electron chi connectivity index (χ3n) is 6.11. The highest BCUT2D eigenvalue weighted by molar-refractivity contribution is 7.22. The monoisotopic (exact) mass is 435 g/mol. The first-order valence-electron chi connectivity index (χ1n) is 11.2. The number of rotatable bonds is 8. The van der Waals surface area contributed by atoms with Crippen molar-refractivity contribution in [2.24, 2.45) is 0 Å². The van der Waals surface area contributed by atoms with Gasteiger partial charge in [0.15, 0.2) is 16.6 Å². The van der Waals surface area contributed by atoms with Gasteiger partial charge >= 0.3 is 0 Å². The third-order valence-corrected chi connectivity index (χ3v) is 7.21. The van der Waals surface area contributed by atoms with Gasteiger partial charge in [-0.2, -0.15) is 4.98 Å². The fraction of sp³-hybridized carbons (Fsp3) is 0.500. The number of carbonyl (C=O) groups is 1. The number of carbonyl (C=O) groups excluding carboxylic acids is 1. The molecule has 1 aromatic carbocycles. The number of benzene rings is 1. The Morgan fingerprint density at radius 1 is 1.13 bits per heavy atom. The van der Waals surface area contributed by atoms with E-state index >= 15 is 0 Å². The number of ketones is 1. The number of anilines is 1. The molecule has 0 spiro atoms. The van der Waals surface area contributed by atoms with Crippen LogP contribution in [0.1, 0.15) is 55.1 Å². The van der Waals surface area contributed by atoms with Gasteiger partial charge in [-0.25, -0.2) is 9.97 Å². The van der Waals surface area contributed by atoms with Crippen molar-refractivity contribution >= 4 is 32.6 Å². The Morgan fingerprint density at radius 3 is 2.68 bits per heavy atom. The van der Waals surface area contributed by atoms with Crippen LogP contribution in [0.3, 0.4) is 0 Å². The van der Waals surface area contributed by atoms with Gasteiger partial charge in [0.1, 0.15) is 5.82 Å². The summed E-state index contributed by atoms with van der Waals surface area (Å²) in [5, 5.41) is 0.934. The lowest BCUT2D eigenvalue weighted by Gasteiger charge is -2.22. The van der Waals surface area contributed by atoms with E-state index in [4.69, 9.17) is 15.0 Å². The molecular weight excluding hydrogens is 406 g/mol. The molecule has 1 atom stereocenters. The average molecular weight is 436 g/mol. The Morgan fingerprint density at radius 2 is 1.94 bits per heavy atom. The molecule has 1 saturated heterocycles. The summed E-state index contributed by atoms with van der Waals surface area (Å²) >= 11 is 1.68. The summed E-state index contributed by atoms with van der Waals surface area (Å²) in [5.41, 5.74) is 3.19. The predicted molar refractivity (Wildman–Crippen MR) is 125 cm³/mol. The van der Waals surface area contributed by atoms with Crippen LogP contribution in [-0.2, 0) is 17.8 Å². The molecule has 7 heteroatoms. The van der Waals surface area contributed by atoms with Gasteiger partial charge < -0.3 is 9.80 Å². The summed E-state index contributed by atoms with van der Waals surface area (Å²) in [6.07, 6.45) is 5.72. The molecule has 0 N–H and O–H groups in total. The SMILES string of the molecule is CN(C)Cc1nc(C2CC2)c2sc(N3CCC[C@@H]3C(=O)CCc3ccccc3)nc2n1. The van der Waals surface area contributed by atoms with E-state index in [0.717, 1.165) is 52.8 Å². The summed E-state index contributed by atoms with van der Waals surface area (Å²) < 4.78 is 1.11. The molecule has 3 heterocycles. The standard InChI is InChI=1S/C24H29N5OS/c1-28(2)15-20-25-21(17-11-12-17)22-23(26-20)27-24(31-22)29-14-6-9-18(29)19(30)13-10-16-7-4-3-5-8-16/h3-5,7-8,17-18H,6,9-15H2,1-2H3/t18-/m1/s1. The van der Waals surface area contributed by atoms with Crippen molar-refractivity contribution in [3.8, 4) is 0 Å². The Balaban J connectivity index is 1.38. The first kappa shape index (κ1) is 20.5. The summed E-state index contributed by atoms with van der Waals surface area (Å²) in [5.74, 6) is 1.71. The minimum atomic E-state index is -0.0668. The van der Waals surface area contributed by atoms with Crippen LogP contribution in [0.15, 0.2) is 30.3 Å². The highest BCUT2D eigenvalue weighted by Crippen LogP contribution is 2.44. The number of hydrogen-bond donors (Lipinski definition) is 0. The van der Waals surface area contributed by atoms with E-state index in [9.17, 15) is 4.79 Å². The van der Waals surface area contributed by atoms with Gasteiger partial charge in [-0.05, 0) is 51.8 Å². The average Bonchev–Trinajstić information content (AvgIpc) is 3.32. The number of fused-ring (bicyclic) bond motifs is 1. The normalized spacial score (nSPS) is 18.9. The molecule has 0 radical (unpaired) electrons. The number of nitrogens with zero attached hydrogens (tertiary/aromatic N) is 5. The molecule has 0 amide bonds. The Labute approximate surface area is 187 Å². The van der Waals surface area contributed by atoms with Crippen molar-refractivity contribution in [3.63, 3.8) is 0 Å². The number of aromatic nitrogens is 3. The van der Waals surface area contributed by atoms with E-state index in [1.165, 1.54) is 18.4 Å². The highest BCUT2D eigenvalue weighted by atomic mass is 32.1. The lowest BCUT2D eigenvalue weighted by atomic mass is 10.0. The molecule has 1 saturated carbocycles. The molecular formula is C24H29N5OS. The number of thiazole rings is 1. The fourth-order valence-corrected chi connectivity index (χ4v) is 5.55. The van der Waals surface area contributed by atoms with Crippen LogP contribution in [0, 0.1) is 0 Å². The van der Waals surface area contributed by atoms with Crippen molar-refractivity contribution in [2.45, 2.75) is 57.0 Å². The van der Waals surface area contributed by atoms with Crippen LogP contribution in [-0.4, -0.2) is 52.3 Å². The molecule has 162 valence electrons. The molecule has 0 bridgehead atoms. The van der Waals surface area contributed by atoms with Crippen molar-refractivity contribution < 1.29 is 4.79 Å². The van der Waals surface area contributed by atoms with E-state index in [1.54, 1.807) is 11.3 Å². The van der Waals surface area contributed by atoms with Gasteiger partial charge in [0.2, 0.25) is 0 Å². The maximum Gasteiger partial charge on any atom is 0.188 e. The van der Waals surface area contributed by atoms with Gasteiger partial charge in [-0.3, -0.25) is 4.79 Å². The topological polar surface area (TPSA) is 62.2 Å². The van der Waals surface area contributed by atoms with Crippen LogP contribution in [0.2, 0.25) is 0 Å². The van der Waals surface area contributed by atoms with Gasteiger partial charge in [-0.1, -0.05) is 41.7 Å². The minimum Gasteiger partial charge on any atom is -0.338 e. The summed E-state index contributed by atoms with van der Waals surface area (Å²) in [6.45, 7) is 1.60. The Bertz CT molecular complexity index is 1080. The largest absolute Gasteiger partial charge is 0.338 e. The maximum absolute atomic E-state index is 13.1. The van der Waals surface area contributed by atoms with Crippen molar-refractivity contribution in [1.29, 1.82) is 0 Å². The first-order chi connectivity index (χ1) is 15.1. The van der Waals surface area contributed by atoms with E-state index in [-0.39, 0.29) is 6.04 Å². The summed E-state index contributed by atoms with van der Waals surface area (Å²) in [4.78, 5) is 32.0. The Hall–Kier alpha value is -2.38. The fourth-order valence-electron chi connectivity index (χ4n) is 4.40. The summed E-state index contributed by atoms with van der Waals surface area (Å²) in [7, 11) is 4.07. The molecule has 2 aromatic heterocycles. The maximum atomic E-state index is 13.1. The van der Waals surface area contributed by atoms with Gasteiger partial charge in [-0.15, -0.1) is 0 Å². The van der Waals surface area contributed by atoms with Crippen molar-refractivity contribution in [2.75, 3.05) is 25.5 Å². The number of aryl methyl sites for hydroxylation is 1. The number of hydrogen-bond acceptors (Lipinski definition) is 7. The number of Topliss-reactive ketones (excluding diaryl/α,β-unsaturated/α-hetero) is 1. The zero-order chi connectivity index (χ0) is 21.4. The van der Waals surface area contributed by atoms with E-state index in [0.29, 0.717) is 24.7 Å². The third kappa shape index (κ3) is 4.48. The van der Waals surface area contributed by atoms with Crippen LogP contribution in [0.5, 0.6) is 0 Å². The van der Waals surface area contributed by atoms with Gasteiger partial charge in [0.05, 0.1) is 23.0 Å². The molecule has 1 aliphatic carbocycles. The quantitative estimate of drug-likeness (QED) is 0.529. The summed E-state index contributed by atoms with van der Waals surface area (Å²) in [6, 6.07) is 10.2. The van der Waals surface area contributed by atoms with Crippen LogP contribution in [0.4, 0.5) is 5.13 Å². The van der Waals surface area contributed by atoms with Gasteiger partial charge in [0.25, 0.3) is 0 Å². The van der Waals surface area contributed by atoms with E-state index < -0.39 is 0 Å². The zero-order valence-electron chi connectivity index (χ0n) is 18.3. The van der Waals surface area contributed by atoms with Crippen LogP contribution < -0.4 is 4.90 Å². The molecule has 3 aromatic rings. The molecule has 1 aliphatic heterocycles. The molecule has 2 aliphatic rings. The van der Waals surface area contributed by atoms with E-state index in [1.807, 2.05) is 32.3 Å². The second-order valence-corrected chi connectivity index (χ2v) is 9.97. The van der Waals surface area contributed by atoms with Crippen molar-refractivity contribution in [3.05, 3.63) is 47.4 Å². The zero-order valence-corrected chi connectivity index (χ0v) is 19.1. The lowest BCUT2D eigenvalue weighted by Crippen LogP contribution is -2.36. The second-order valence-electron chi connectivity index (χ2n) is 8.99. The smallest absolute Gasteiger partial charge is 0.188 e. The minimum absolute atomic E-state index is 0.0668. The lowest BCUT2D eigenvalue weighted by molar-refractivity contribution is -0.120. The highest BCUT2D eigenvalue weighted by Gasteiger charge is 2.34. The Kier molecular flexibility index (Phi) is 5.71. The molecule has 6 nitrogen and oxygen atoms in total. The second kappa shape index (κ2) is 8.63. The first-order valence-corrected chi connectivity index (χ1v) is 12.1. The molecule has 5 rings (SSSR count). The molecule has 31 heavy (non-hydrogen) atoms. The molecule has 2 fully saturated rings. The predicted octanol–water partition coefficient (Wildman–Crippen LogP) is 4.20. The van der Waals surface area contributed by atoms with E-state index in [2.05, 4.69) is 21.9 Å². The van der Waals surface area contributed by atoms with Crippen LogP contribution >= 0.6 is 11.3 Å². The molecule has 0 unspecified atom stereocenters. The van der Waals surface area contributed by atoms with Crippen LogP contribution in [0.25, 0.3) is 10.3 Å².